The van der Waals surface area contributed by atoms with Gasteiger partial charge in [-0.25, -0.2) is 12.7 Å². The van der Waals surface area contributed by atoms with Gasteiger partial charge in [-0.05, 0) is 44.4 Å². The van der Waals surface area contributed by atoms with Gasteiger partial charge in [-0.2, -0.15) is 0 Å². The van der Waals surface area contributed by atoms with Gasteiger partial charge in [0.1, 0.15) is 23.2 Å². The zero-order valence-electron chi connectivity index (χ0n) is 16.9. The minimum absolute atomic E-state index is 0.152. The second-order valence-corrected chi connectivity index (χ2v) is 10.7. The van der Waals surface area contributed by atoms with Gasteiger partial charge in [0, 0.05) is 42.5 Å². The number of nitrogens with zero attached hydrogens (tertiary/aromatic N) is 1. The highest BCUT2D eigenvalue weighted by atomic mass is 32.2. The molecule has 1 spiro atoms. The van der Waals surface area contributed by atoms with E-state index < -0.39 is 21.4 Å². The predicted octanol–water partition coefficient (Wildman–Crippen LogP) is 2.18. The van der Waals surface area contributed by atoms with Crippen molar-refractivity contribution in [1.82, 2.24) is 4.31 Å². The summed E-state index contributed by atoms with van der Waals surface area (Å²) in [6.45, 7) is 4.15. The van der Waals surface area contributed by atoms with Crippen molar-refractivity contribution in [2.75, 3.05) is 20.2 Å². The number of sulfonamides is 1. The summed E-state index contributed by atoms with van der Waals surface area (Å²) in [5.41, 5.74) is 1.65. The average Bonchev–Trinajstić information content (AvgIpc) is 3.46. The van der Waals surface area contributed by atoms with Crippen molar-refractivity contribution in [3.8, 4) is 17.6 Å². The highest BCUT2D eigenvalue weighted by molar-refractivity contribution is 7.90. The van der Waals surface area contributed by atoms with E-state index in [1.54, 1.807) is 13.0 Å². The molecule has 1 saturated heterocycles. The van der Waals surface area contributed by atoms with Gasteiger partial charge >= 0.3 is 0 Å². The molecule has 154 valence electrons. The second kappa shape index (κ2) is 6.96. The lowest BCUT2D eigenvalue weighted by atomic mass is 9.64. The number of hydrogen-bond acceptors (Lipinski definition) is 5. The lowest BCUT2D eigenvalue weighted by molar-refractivity contribution is -0.140. The normalized spacial score (nSPS) is 22.2. The lowest BCUT2D eigenvalue weighted by Gasteiger charge is -2.51. The molecule has 3 fully saturated rings. The van der Waals surface area contributed by atoms with Crippen LogP contribution in [0.2, 0.25) is 0 Å². The molecule has 0 N–H and O–H groups in total. The third-order valence-electron chi connectivity index (χ3n) is 6.20. The van der Waals surface area contributed by atoms with Crippen LogP contribution in [0.5, 0.6) is 5.75 Å². The maximum atomic E-state index is 13.1. The molecule has 1 aliphatic heterocycles. The average molecular weight is 416 g/mol. The fourth-order valence-electron chi connectivity index (χ4n) is 4.71. The number of benzene rings is 1. The fourth-order valence-corrected chi connectivity index (χ4v) is 6.77. The number of carbonyl (C=O) groups excluding carboxylic acids is 2. The number of ether oxygens (including phenoxy) is 1. The maximum Gasteiger partial charge on any atom is 0.217 e. The Morgan fingerprint density at radius 3 is 2.28 bits per heavy atom. The van der Waals surface area contributed by atoms with Crippen LogP contribution in [0.3, 0.4) is 0 Å². The Labute approximate surface area is 171 Å². The molecule has 2 saturated carbocycles. The first-order valence-corrected chi connectivity index (χ1v) is 11.4. The standard InChI is InChI=1S/C22H25NO5S/c1-4-5-15-8-14(2)20(19(9-15)28-3)21-17(24)10-22(11-18(21)25)12-23(13-22)29(26,27)16-6-7-16/h8-9,16,21H,6-7,10-13H2,1-3H3. The SMILES string of the molecule is CC#Cc1cc(C)c(C2C(=O)CC3(CC2=O)CN(S(=O)(=O)C2CC2)C3)c(OC)c1. The Morgan fingerprint density at radius 2 is 1.76 bits per heavy atom. The minimum atomic E-state index is -3.25. The first-order valence-electron chi connectivity index (χ1n) is 9.86. The molecule has 0 aromatic heterocycles. The monoisotopic (exact) mass is 415 g/mol. The van der Waals surface area contributed by atoms with Crippen molar-refractivity contribution in [2.45, 2.75) is 50.7 Å². The van der Waals surface area contributed by atoms with Crippen LogP contribution in [-0.2, 0) is 19.6 Å². The number of carbonyl (C=O) groups is 2. The minimum Gasteiger partial charge on any atom is -0.496 e. The number of methoxy groups -OCH3 is 1. The van der Waals surface area contributed by atoms with Crippen LogP contribution in [-0.4, -0.2) is 49.7 Å². The molecule has 0 radical (unpaired) electrons. The molecule has 0 amide bonds. The highest BCUT2D eigenvalue weighted by Crippen LogP contribution is 2.49. The predicted molar refractivity (Wildman–Crippen MR) is 108 cm³/mol. The molecule has 1 aromatic carbocycles. The second-order valence-electron chi connectivity index (χ2n) is 8.52. The van der Waals surface area contributed by atoms with Crippen molar-refractivity contribution in [2.24, 2.45) is 5.41 Å². The van der Waals surface area contributed by atoms with Gasteiger partial charge in [0.2, 0.25) is 10.0 Å². The largest absolute Gasteiger partial charge is 0.496 e. The maximum absolute atomic E-state index is 13.1. The van der Waals surface area contributed by atoms with Gasteiger partial charge in [-0.1, -0.05) is 5.92 Å². The van der Waals surface area contributed by atoms with E-state index in [0.29, 0.717) is 24.2 Å². The number of Topliss-reactive ketones (excluding diaryl/α,β-unsaturated/α-hetero) is 2. The van der Waals surface area contributed by atoms with Crippen LogP contribution in [0.1, 0.15) is 55.2 Å². The first kappa shape index (κ1) is 20.1. The Kier molecular flexibility index (Phi) is 4.83. The van der Waals surface area contributed by atoms with Crippen molar-refractivity contribution in [3.05, 3.63) is 28.8 Å². The molecular formula is C22H25NO5S. The summed E-state index contributed by atoms with van der Waals surface area (Å²) in [7, 11) is -1.73. The highest BCUT2D eigenvalue weighted by Gasteiger charge is 2.57. The number of rotatable bonds is 4. The van der Waals surface area contributed by atoms with E-state index in [0.717, 1.165) is 11.1 Å². The number of hydrogen-bond donors (Lipinski definition) is 0. The van der Waals surface area contributed by atoms with E-state index in [9.17, 15) is 18.0 Å². The van der Waals surface area contributed by atoms with Crippen LogP contribution in [0.25, 0.3) is 0 Å². The first-order chi connectivity index (χ1) is 13.7. The van der Waals surface area contributed by atoms with Gasteiger partial charge < -0.3 is 4.74 Å². The molecule has 0 bridgehead atoms. The summed E-state index contributed by atoms with van der Waals surface area (Å²) in [6.07, 6.45) is 1.87. The Morgan fingerprint density at radius 1 is 1.14 bits per heavy atom. The van der Waals surface area contributed by atoms with Crippen LogP contribution in [0.4, 0.5) is 0 Å². The summed E-state index contributed by atoms with van der Waals surface area (Å²) < 4.78 is 31.7. The quantitative estimate of drug-likeness (QED) is 0.556. The Bertz CT molecular complexity index is 1030. The smallest absolute Gasteiger partial charge is 0.217 e. The Balaban J connectivity index is 1.58. The third kappa shape index (κ3) is 3.38. The molecule has 1 aromatic rings. The topological polar surface area (TPSA) is 80.8 Å². The molecule has 4 rings (SSSR count). The number of aryl methyl sites for hydroxylation is 1. The van der Waals surface area contributed by atoms with Crippen LogP contribution in [0.15, 0.2) is 12.1 Å². The molecule has 1 heterocycles. The summed E-state index contributed by atoms with van der Waals surface area (Å²) in [6, 6.07) is 3.63. The zero-order valence-corrected chi connectivity index (χ0v) is 17.8. The van der Waals surface area contributed by atoms with E-state index in [-0.39, 0.29) is 42.7 Å². The molecule has 0 atom stereocenters. The van der Waals surface area contributed by atoms with Crippen LogP contribution < -0.4 is 4.74 Å². The van der Waals surface area contributed by atoms with Crippen LogP contribution >= 0.6 is 0 Å². The molecule has 29 heavy (non-hydrogen) atoms. The molecule has 6 nitrogen and oxygen atoms in total. The van der Waals surface area contributed by atoms with Crippen molar-refractivity contribution in [3.63, 3.8) is 0 Å². The summed E-state index contributed by atoms with van der Waals surface area (Å²) in [5.74, 6) is 5.16. The number of ketones is 2. The Hall–Kier alpha value is -2.17. The van der Waals surface area contributed by atoms with E-state index in [4.69, 9.17) is 4.74 Å². The molecule has 0 unspecified atom stereocenters. The van der Waals surface area contributed by atoms with Gasteiger partial charge in [-0.15, -0.1) is 5.92 Å². The summed E-state index contributed by atoms with van der Waals surface area (Å²) in [4.78, 5) is 26.1. The third-order valence-corrected chi connectivity index (χ3v) is 8.49. The zero-order chi connectivity index (χ0) is 21.0. The van der Waals surface area contributed by atoms with E-state index in [2.05, 4.69) is 11.8 Å². The van der Waals surface area contributed by atoms with E-state index in [1.807, 2.05) is 13.0 Å². The van der Waals surface area contributed by atoms with Crippen molar-refractivity contribution < 1.29 is 22.7 Å². The summed E-state index contributed by atoms with van der Waals surface area (Å²) >= 11 is 0. The van der Waals surface area contributed by atoms with Gasteiger partial charge in [0.15, 0.2) is 0 Å². The van der Waals surface area contributed by atoms with Crippen LogP contribution in [0, 0.1) is 24.2 Å². The van der Waals surface area contributed by atoms with Gasteiger partial charge in [-0.3, -0.25) is 9.59 Å². The van der Waals surface area contributed by atoms with E-state index >= 15 is 0 Å². The molecule has 7 heteroatoms. The molecule has 2 aliphatic carbocycles. The van der Waals surface area contributed by atoms with E-state index in [1.165, 1.54) is 11.4 Å². The van der Waals surface area contributed by atoms with Gasteiger partial charge in [0.25, 0.3) is 0 Å². The van der Waals surface area contributed by atoms with Gasteiger partial charge in [0.05, 0.1) is 12.4 Å². The van der Waals surface area contributed by atoms with Crippen molar-refractivity contribution >= 4 is 21.6 Å². The fraction of sp³-hybridized carbons (Fsp3) is 0.545. The molecular weight excluding hydrogens is 390 g/mol. The lowest BCUT2D eigenvalue weighted by Crippen LogP contribution is -2.62. The molecule has 3 aliphatic rings. The van der Waals surface area contributed by atoms with Crippen molar-refractivity contribution in [1.29, 1.82) is 0 Å². The summed E-state index contributed by atoms with van der Waals surface area (Å²) in [5, 5.41) is -0.265.